The van der Waals surface area contributed by atoms with E-state index < -0.39 is 4.92 Å². The second-order valence-electron chi connectivity index (χ2n) is 5.76. The maximum Gasteiger partial charge on any atom is 0.284 e. The Morgan fingerprint density at radius 2 is 2.04 bits per heavy atom. The number of halogens is 1. The van der Waals surface area contributed by atoms with Gasteiger partial charge in [0.1, 0.15) is 6.61 Å². The first-order valence-electron chi connectivity index (χ1n) is 8.11. The van der Waals surface area contributed by atoms with Crippen molar-refractivity contribution < 1.29 is 19.2 Å². The molecule has 3 rings (SSSR count). The molecule has 0 saturated carbocycles. The van der Waals surface area contributed by atoms with Crippen LogP contribution in [0.15, 0.2) is 46.9 Å². The van der Waals surface area contributed by atoms with Crippen LogP contribution in [-0.2, 0) is 0 Å². The summed E-state index contributed by atoms with van der Waals surface area (Å²) in [5, 5.41) is 11.1. The van der Waals surface area contributed by atoms with Gasteiger partial charge in [0, 0.05) is 18.2 Å². The van der Waals surface area contributed by atoms with Crippen molar-refractivity contribution in [3.63, 3.8) is 0 Å². The van der Waals surface area contributed by atoms with Gasteiger partial charge in [-0.3, -0.25) is 14.9 Å². The smallest absolute Gasteiger partial charge is 0.284 e. The van der Waals surface area contributed by atoms with E-state index in [0.717, 1.165) is 0 Å². The Balaban J connectivity index is 1.74. The molecule has 8 heteroatoms. The molecule has 1 aliphatic heterocycles. The summed E-state index contributed by atoms with van der Waals surface area (Å²) >= 11 is 3.13. The first-order valence-corrected chi connectivity index (χ1v) is 8.90. The molecule has 1 atom stereocenters. The van der Waals surface area contributed by atoms with Gasteiger partial charge >= 0.3 is 0 Å². The largest absolute Gasteiger partial charge is 0.486 e. The molecule has 1 amide bonds. The topological polar surface area (TPSA) is 81.9 Å². The molecule has 0 fully saturated rings. The van der Waals surface area contributed by atoms with Crippen LogP contribution in [0.4, 0.5) is 5.69 Å². The Hall–Kier alpha value is -2.61. The normalized spacial score (nSPS) is 15.4. The standard InChI is InChI=1S/C18H17BrN2O5/c1-2-20(10-13-11-25-16-5-3-4-6-17(16)26-13)18(22)12-7-8-14(19)15(9-12)21(23)24/h3-9,13H,2,10-11H2,1H3. The van der Waals surface area contributed by atoms with Gasteiger partial charge in [0.25, 0.3) is 11.6 Å². The lowest BCUT2D eigenvalue weighted by molar-refractivity contribution is -0.385. The van der Waals surface area contributed by atoms with Crippen molar-refractivity contribution in [1.82, 2.24) is 4.90 Å². The molecule has 1 unspecified atom stereocenters. The minimum Gasteiger partial charge on any atom is -0.486 e. The van der Waals surface area contributed by atoms with Gasteiger partial charge in [-0.05, 0) is 47.1 Å². The highest BCUT2D eigenvalue weighted by atomic mass is 79.9. The Labute approximate surface area is 158 Å². The van der Waals surface area contributed by atoms with Crippen LogP contribution in [0.5, 0.6) is 11.5 Å². The van der Waals surface area contributed by atoms with E-state index in [4.69, 9.17) is 9.47 Å². The van der Waals surface area contributed by atoms with E-state index in [-0.39, 0.29) is 23.3 Å². The predicted octanol–water partition coefficient (Wildman–Crippen LogP) is 3.66. The minimum atomic E-state index is -0.522. The fraction of sp³-hybridized carbons (Fsp3) is 0.278. The maximum atomic E-state index is 12.8. The zero-order chi connectivity index (χ0) is 18.7. The molecular formula is C18H17BrN2O5. The Morgan fingerprint density at radius 3 is 2.73 bits per heavy atom. The number of hydrogen-bond donors (Lipinski definition) is 0. The molecule has 26 heavy (non-hydrogen) atoms. The lowest BCUT2D eigenvalue weighted by atomic mass is 10.1. The number of carbonyl (C=O) groups excluding carboxylic acids is 1. The van der Waals surface area contributed by atoms with Crippen LogP contribution in [0.2, 0.25) is 0 Å². The number of benzene rings is 2. The number of ether oxygens (including phenoxy) is 2. The lowest BCUT2D eigenvalue weighted by Gasteiger charge is -2.31. The number of para-hydroxylation sites is 2. The van der Waals surface area contributed by atoms with E-state index in [0.29, 0.717) is 35.7 Å². The van der Waals surface area contributed by atoms with E-state index in [9.17, 15) is 14.9 Å². The number of rotatable bonds is 5. The molecule has 0 bridgehead atoms. The van der Waals surface area contributed by atoms with Crippen LogP contribution < -0.4 is 9.47 Å². The summed E-state index contributed by atoms with van der Waals surface area (Å²) in [5.41, 5.74) is 0.122. The molecule has 0 saturated heterocycles. The number of nitro benzene ring substituents is 1. The van der Waals surface area contributed by atoms with E-state index in [2.05, 4.69) is 15.9 Å². The monoisotopic (exact) mass is 420 g/mol. The summed E-state index contributed by atoms with van der Waals surface area (Å²) in [7, 11) is 0. The number of nitrogens with zero attached hydrogens (tertiary/aromatic N) is 2. The average Bonchev–Trinajstić information content (AvgIpc) is 2.65. The van der Waals surface area contributed by atoms with E-state index in [1.807, 2.05) is 31.2 Å². The minimum absolute atomic E-state index is 0.141. The van der Waals surface area contributed by atoms with E-state index >= 15 is 0 Å². The Morgan fingerprint density at radius 1 is 1.31 bits per heavy atom. The number of hydrogen-bond acceptors (Lipinski definition) is 5. The van der Waals surface area contributed by atoms with Crippen molar-refractivity contribution >= 4 is 27.5 Å². The molecule has 1 aliphatic rings. The zero-order valence-electron chi connectivity index (χ0n) is 14.1. The SMILES string of the molecule is CCN(CC1COc2ccccc2O1)C(=O)c1ccc(Br)c([N+](=O)[O-])c1. The van der Waals surface area contributed by atoms with Gasteiger partial charge in [0.15, 0.2) is 17.6 Å². The fourth-order valence-electron chi connectivity index (χ4n) is 2.72. The molecule has 0 radical (unpaired) electrons. The summed E-state index contributed by atoms with van der Waals surface area (Å²) < 4.78 is 11.9. The second kappa shape index (κ2) is 7.74. The molecule has 0 aromatic heterocycles. The van der Waals surface area contributed by atoms with Crippen molar-refractivity contribution in [1.29, 1.82) is 0 Å². The van der Waals surface area contributed by atoms with Crippen molar-refractivity contribution in [2.24, 2.45) is 0 Å². The van der Waals surface area contributed by atoms with Crippen LogP contribution in [0.1, 0.15) is 17.3 Å². The van der Waals surface area contributed by atoms with Crippen molar-refractivity contribution in [2.45, 2.75) is 13.0 Å². The number of likely N-dealkylation sites (N-methyl/N-ethyl adjacent to an activating group) is 1. The summed E-state index contributed by atoms with van der Waals surface area (Å²) in [6.07, 6.45) is -0.306. The summed E-state index contributed by atoms with van der Waals surface area (Å²) in [6.45, 7) is 2.96. The van der Waals surface area contributed by atoms with Gasteiger partial charge in [0.05, 0.1) is 15.9 Å². The quantitative estimate of drug-likeness (QED) is 0.544. The van der Waals surface area contributed by atoms with Crippen LogP contribution in [0.25, 0.3) is 0 Å². The van der Waals surface area contributed by atoms with Crippen LogP contribution in [-0.4, -0.2) is 41.5 Å². The highest BCUT2D eigenvalue weighted by Gasteiger charge is 2.26. The summed E-state index contributed by atoms with van der Waals surface area (Å²) in [4.78, 5) is 24.9. The summed E-state index contributed by atoms with van der Waals surface area (Å²) in [6, 6.07) is 11.7. The molecule has 1 heterocycles. The molecule has 2 aromatic carbocycles. The third-order valence-corrected chi connectivity index (χ3v) is 4.72. The first kappa shape index (κ1) is 18.2. The first-order chi connectivity index (χ1) is 12.5. The molecule has 0 aliphatic carbocycles. The van der Waals surface area contributed by atoms with Gasteiger partial charge < -0.3 is 14.4 Å². The van der Waals surface area contributed by atoms with Crippen LogP contribution in [0.3, 0.4) is 0 Å². The van der Waals surface area contributed by atoms with Gasteiger partial charge in [-0.1, -0.05) is 12.1 Å². The Kier molecular flexibility index (Phi) is 5.41. The third-order valence-electron chi connectivity index (χ3n) is 4.05. The van der Waals surface area contributed by atoms with Crippen molar-refractivity contribution in [2.75, 3.05) is 19.7 Å². The highest BCUT2D eigenvalue weighted by molar-refractivity contribution is 9.10. The molecule has 136 valence electrons. The number of fused-ring (bicyclic) bond motifs is 1. The predicted molar refractivity (Wildman–Crippen MR) is 98.7 cm³/mol. The average molecular weight is 421 g/mol. The van der Waals surface area contributed by atoms with Gasteiger partial charge in [0.2, 0.25) is 0 Å². The highest BCUT2D eigenvalue weighted by Crippen LogP contribution is 2.31. The van der Waals surface area contributed by atoms with Crippen LogP contribution in [0, 0.1) is 10.1 Å². The number of nitro groups is 1. The molecule has 7 nitrogen and oxygen atoms in total. The molecule has 0 N–H and O–H groups in total. The number of amides is 1. The number of carbonyl (C=O) groups is 1. The molecule has 0 spiro atoms. The van der Waals surface area contributed by atoms with E-state index in [1.54, 1.807) is 11.0 Å². The Bertz CT molecular complexity index is 842. The van der Waals surface area contributed by atoms with Crippen molar-refractivity contribution in [3.05, 3.63) is 62.6 Å². The van der Waals surface area contributed by atoms with Crippen LogP contribution >= 0.6 is 15.9 Å². The second-order valence-corrected chi connectivity index (χ2v) is 6.62. The van der Waals surface area contributed by atoms with Gasteiger partial charge in [-0.2, -0.15) is 0 Å². The maximum absolute atomic E-state index is 12.8. The van der Waals surface area contributed by atoms with Gasteiger partial charge in [-0.15, -0.1) is 0 Å². The molecular weight excluding hydrogens is 404 g/mol. The van der Waals surface area contributed by atoms with Gasteiger partial charge in [-0.25, -0.2) is 0 Å². The third kappa shape index (κ3) is 3.80. The zero-order valence-corrected chi connectivity index (χ0v) is 15.6. The van der Waals surface area contributed by atoms with Crippen molar-refractivity contribution in [3.8, 4) is 11.5 Å². The summed E-state index contributed by atoms with van der Waals surface area (Å²) in [5.74, 6) is 1.04. The molecule has 2 aromatic rings. The fourth-order valence-corrected chi connectivity index (χ4v) is 3.11. The van der Waals surface area contributed by atoms with E-state index in [1.165, 1.54) is 12.1 Å². The lowest BCUT2D eigenvalue weighted by Crippen LogP contribution is -2.43.